The van der Waals surface area contributed by atoms with Crippen LogP contribution < -0.4 is 16.3 Å². The maximum Gasteiger partial charge on any atom is 0.295 e. The fourth-order valence-corrected chi connectivity index (χ4v) is 8.05. The number of benzene rings is 3. The summed E-state index contributed by atoms with van der Waals surface area (Å²) in [7, 11) is -9.52. The minimum atomic E-state index is -4.76. The molecule has 0 radical (unpaired) electrons. The van der Waals surface area contributed by atoms with Gasteiger partial charge in [-0.25, -0.2) is 20.0 Å². The van der Waals surface area contributed by atoms with Gasteiger partial charge in [-0.3, -0.25) is 9.11 Å². The molecule has 0 spiro atoms. The van der Waals surface area contributed by atoms with E-state index < -0.39 is 30.0 Å². The summed E-state index contributed by atoms with van der Waals surface area (Å²) in [5.74, 6) is 1.88. The van der Waals surface area contributed by atoms with Gasteiger partial charge in [0.05, 0.1) is 0 Å². The summed E-state index contributed by atoms with van der Waals surface area (Å²) in [4.78, 5) is 28.1. The van der Waals surface area contributed by atoms with Gasteiger partial charge < -0.3 is 20.3 Å². The first kappa shape index (κ1) is 28.5. The molecule has 48 heavy (non-hydrogen) atoms. The van der Waals surface area contributed by atoms with Gasteiger partial charge in [-0.1, -0.05) is 72.8 Å². The van der Waals surface area contributed by atoms with Crippen molar-refractivity contribution in [2.75, 3.05) is 0 Å². The van der Waals surface area contributed by atoms with Crippen molar-refractivity contribution in [2.24, 2.45) is 31.8 Å². The number of rotatable bonds is 2. The van der Waals surface area contributed by atoms with Gasteiger partial charge in [0.25, 0.3) is 20.2 Å². The van der Waals surface area contributed by atoms with E-state index in [-0.39, 0.29) is 45.2 Å². The first-order valence-electron chi connectivity index (χ1n) is 14.6. The third kappa shape index (κ3) is 4.31. The van der Waals surface area contributed by atoms with E-state index in [1.54, 1.807) is 12.1 Å². The standard InChI is InChI=1S/C32H22N8O6S2/c41-47(42,43)21-13-5-11-19-23(21)31-38-29(19)36-27-17-9-3-1-7-15(17)25(34-27)33-26-16-8-2-4-10-18(16)28(35-26)37-30-20-12-6-14-22(48(44,45)46)24(20)32(39-30)40-31/h1-15,17,35,38H,(H,33,34,36)(H,37,39,40)(H,41,42,43)(H,44,45,46)/t15-,17+/m0/s1. The Morgan fingerprint density at radius 2 is 1.02 bits per heavy atom. The number of nitrogens with zero attached hydrogens (tertiary/aromatic N) is 4. The number of amidine groups is 2. The van der Waals surface area contributed by atoms with Crippen molar-refractivity contribution >= 4 is 87.5 Å². The Bertz CT molecular complexity index is 2900. The number of aromatic nitrogens is 3. The van der Waals surface area contributed by atoms with Crippen LogP contribution in [0.4, 0.5) is 23.3 Å². The summed E-state index contributed by atoms with van der Waals surface area (Å²) in [6.07, 6.45) is 7.86. The number of hydrogen-bond acceptors (Lipinski definition) is 9. The summed E-state index contributed by atoms with van der Waals surface area (Å²) in [5, 5.41) is 5.59. The van der Waals surface area contributed by atoms with Crippen LogP contribution in [-0.2, 0) is 20.2 Å². The summed E-state index contributed by atoms with van der Waals surface area (Å²) in [6, 6.07) is 16.2. The normalized spacial score (nSPS) is 18.7. The lowest BCUT2D eigenvalue weighted by molar-refractivity contribution is 0.482. The molecule has 1 aliphatic carbocycles. The summed E-state index contributed by atoms with van der Waals surface area (Å²) >= 11 is 0. The van der Waals surface area contributed by atoms with Gasteiger partial charge in [0.15, 0.2) is 0 Å². The average molecular weight is 679 g/mol. The van der Waals surface area contributed by atoms with Crippen LogP contribution >= 0.6 is 0 Å². The van der Waals surface area contributed by atoms with E-state index in [0.717, 1.165) is 10.8 Å². The molecule has 16 heteroatoms. The Balaban J connectivity index is 1.48. The smallest absolute Gasteiger partial charge is 0.295 e. The van der Waals surface area contributed by atoms with Crippen LogP contribution in [0.3, 0.4) is 0 Å². The highest BCUT2D eigenvalue weighted by Crippen LogP contribution is 2.40. The summed E-state index contributed by atoms with van der Waals surface area (Å²) in [5.41, 5.74) is 0.158. The zero-order chi connectivity index (χ0) is 32.9. The molecule has 1 fully saturated rings. The van der Waals surface area contributed by atoms with E-state index in [1.165, 1.54) is 24.3 Å². The molecule has 3 aromatic heterocycles. The lowest BCUT2D eigenvalue weighted by Crippen LogP contribution is -2.22. The quantitative estimate of drug-likeness (QED) is 0.143. The molecule has 0 saturated carbocycles. The van der Waals surface area contributed by atoms with Gasteiger partial charge in [-0.15, -0.1) is 0 Å². The highest BCUT2D eigenvalue weighted by Gasteiger charge is 2.37. The molecule has 2 atom stereocenters. The topological polar surface area (TPSA) is 218 Å². The molecule has 0 unspecified atom stereocenters. The third-order valence-electron chi connectivity index (χ3n) is 8.67. The lowest BCUT2D eigenvalue weighted by Gasteiger charge is -2.13. The van der Waals surface area contributed by atoms with Gasteiger partial charge in [0, 0.05) is 44.2 Å². The largest absolute Gasteiger partial charge is 0.331 e. The molecule has 1 saturated heterocycles. The van der Waals surface area contributed by atoms with E-state index in [9.17, 15) is 25.9 Å². The van der Waals surface area contributed by atoms with Crippen LogP contribution in [0.1, 0.15) is 0 Å². The van der Waals surface area contributed by atoms with Gasteiger partial charge in [0.1, 0.15) is 55.7 Å². The van der Waals surface area contributed by atoms with E-state index in [1.807, 2.05) is 48.6 Å². The molecule has 6 aromatic rings. The van der Waals surface area contributed by atoms with Crippen molar-refractivity contribution in [1.82, 2.24) is 20.3 Å². The Kier molecular flexibility index (Phi) is 5.89. The molecule has 6 N–H and O–H groups in total. The van der Waals surface area contributed by atoms with Crippen molar-refractivity contribution in [1.29, 1.82) is 0 Å². The van der Waals surface area contributed by atoms with E-state index in [2.05, 4.69) is 20.3 Å². The van der Waals surface area contributed by atoms with Crippen molar-refractivity contribution in [3.63, 3.8) is 0 Å². The highest BCUT2D eigenvalue weighted by atomic mass is 32.2. The van der Waals surface area contributed by atoms with Crippen molar-refractivity contribution in [2.45, 2.75) is 9.79 Å². The van der Waals surface area contributed by atoms with Gasteiger partial charge in [0.2, 0.25) is 0 Å². The summed E-state index contributed by atoms with van der Waals surface area (Å²) < 4.78 is 70.9. The van der Waals surface area contributed by atoms with Crippen LogP contribution in [0.2, 0.25) is 0 Å². The fourth-order valence-electron chi connectivity index (χ4n) is 6.62. The molecule has 3 aliphatic rings. The molecule has 2 aliphatic heterocycles. The lowest BCUT2D eigenvalue weighted by atomic mass is 9.90. The zero-order valence-electron chi connectivity index (χ0n) is 24.4. The Labute approximate surface area is 270 Å². The maximum atomic E-state index is 12.6. The van der Waals surface area contributed by atoms with Crippen LogP contribution in [0.15, 0.2) is 115 Å². The predicted octanol–water partition coefficient (Wildman–Crippen LogP) is 4.56. The molecular formula is C32H22N8O6S2. The number of aromatic amines is 3. The minimum absolute atomic E-state index is 0.0158. The van der Waals surface area contributed by atoms with Gasteiger partial charge in [-0.2, -0.15) is 16.8 Å². The average Bonchev–Trinajstić information content (AvgIpc) is 3.79. The molecule has 3 aromatic carbocycles. The van der Waals surface area contributed by atoms with Crippen LogP contribution in [0.25, 0.3) is 32.3 Å². The van der Waals surface area contributed by atoms with E-state index in [0.29, 0.717) is 34.1 Å². The third-order valence-corrected chi connectivity index (χ3v) is 10.5. The van der Waals surface area contributed by atoms with Crippen molar-refractivity contribution in [3.05, 3.63) is 95.9 Å². The Hall–Kier alpha value is -5.68. The van der Waals surface area contributed by atoms with Crippen molar-refractivity contribution in [3.8, 4) is 0 Å². The second-order valence-electron chi connectivity index (χ2n) is 11.5. The number of H-pyrrole nitrogens is 3. The maximum absolute atomic E-state index is 12.6. The predicted molar refractivity (Wildman–Crippen MR) is 179 cm³/mol. The Morgan fingerprint density at radius 1 is 0.521 bits per heavy atom. The molecule has 14 nitrogen and oxygen atoms in total. The number of nitrogens with one attached hydrogen (secondary N) is 4. The van der Waals surface area contributed by atoms with Gasteiger partial charge >= 0.3 is 0 Å². The molecule has 8 bridgehead atoms. The highest BCUT2D eigenvalue weighted by molar-refractivity contribution is 7.86. The molecule has 0 amide bonds. The molecule has 9 rings (SSSR count). The first-order chi connectivity index (χ1) is 23.0. The van der Waals surface area contributed by atoms with E-state index in [4.69, 9.17) is 20.0 Å². The zero-order valence-corrected chi connectivity index (χ0v) is 26.0. The monoisotopic (exact) mass is 678 g/mol. The molecule has 238 valence electrons. The van der Waals surface area contributed by atoms with Crippen LogP contribution in [0.5, 0.6) is 0 Å². The number of fused-ring (bicyclic) bond motifs is 20. The van der Waals surface area contributed by atoms with Gasteiger partial charge in [-0.05, 0) is 12.1 Å². The van der Waals surface area contributed by atoms with E-state index >= 15 is 0 Å². The number of aliphatic imine (C=N–C) groups is 2. The molecule has 5 heterocycles. The molecular weight excluding hydrogens is 657 g/mol. The second kappa shape index (κ2) is 9.91. The number of hydrogen-bond donors (Lipinski definition) is 6. The number of allylic oxidation sites excluding steroid dienone is 2. The SMILES string of the molecule is O=S(=O)(O)c1cccc2c3[nH]c(c12)N=c1[nH]c(c2cccc(S(=O)(=O)O)c12)=Nc1[nH]c(c2ccccc12)N=C1NC(=N3)[C@@H]2C=CC=C[C@H]12. The fraction of sp³-hybridized carbons (Fsp3) is 0.0625. The van der Waals surface area contributed by atoms with Crippen LogP contribution in [0, 0.1) is 11.8 Å². The second-order valence-corrected chi connectivity index (χ2v) is 14.3. The Morgan fingerprint density at radius 3 is 1.65 bits per heavy atom. The summed E-state index contributed by atoms with van der Waals surface area (Å²) in [6.45, 7) is 0. The minimum Gasteiger partial charge on any atom is -0.331 e. The van der Waals surface area contributed by atoms with Crippen molar-refractivity contribution < 1.29 is 25.9 Å². The first-order valence-corrected chi connectivity index (χ1v) is 17.5. The van der Waals surface area contributed by atoms with Crippen LogP contribution in [-0.4, -0.2) is 52.6 Å².